The molecule has 3 aromatic rings. The Kier molecular flexibility index (Phi) is 5.94. The molecule has 1 heterocycles. The quantitative estimate of drug-likeness (QED) is 0.297. The summed E-state index contributed by atoms with van der Waals surface area (Å²) in [5.74, 6) is 0.601. The first-order chi connectivity index (χ1) is 13.8. The first-order valence-corrected chi connectivity index (χ1v) is 10.0. The highest BCUT2D eigenvalue weighted by Gasteiger charge is 2.22. The van der Waals surface area contributed by atoms with Gasteiger partial charge in [-0.1, -0.05) is 20.4 Å². The Morgan fingerprint density at radius 1 is 1.17 bits per heavy atom. The van der Waals surface area contributed by atoms with Gasteiger partial charge in [0.1, 0.15) is 17.3 Å². The number of thiol groups is 1. The number of rotatable bonds is 5. The van der Waals surface area contributed by atoms with Crippen molar-refractivity contribution in [2.24, 2.45) is 4.99 Å². The number of aliphatic imine (C=N–C) groups is 1. The van der Waals surface area contributed by atoms with Gasteiger partial charge in [0.05, 0.1) is 10.6 Å². The second kappa shape index (κ2) is 8.25. The number of fused-ring (bicyclic) bond motifs is 1. The van der Waals surface area contributed by atoms with Crippen LogP contribution < -0.4 is 4.90 Å². The Morgan fingerprint density at radius 2 is 1.90 bits per heavy atom. The van der Waals surface area contributed by atoms with Crippen LogP contribution in [0, 0.1) is 0 Å². The number of nitrogens with zero attached hydrogens (tertiary/aromatic N) is 3. The maximum Gasteiger partial charge on any atom is 0.143 e. The second-order valence-corrected chi connectivity index (χ2v) is 7.74. The molecule has 0 aliphatic heterocycles. The Balaban J connectivity index is 2.16. The monoisotopic (exact) mass is 409 g/mol. The molecule has 0 aliphatic rings. The Hall–Kier alpha value is -2.86. The van der Waals surface area contributed by atoms with Crippen LogP contribution in [-0.4, -0.2) is 27.7 Å². The molecule has 0 radical (unpaired) electrons. The molecule has 3 rings (SSSR count). The minimum atomic E-state index is -0.0507. The molecule has 2 aromatic carbocycles. The summed E-state index contributed by atoms with van der Waals surface area (Å²) >= 11 is 4.50. The predicted octanol–water partition coefficient (Wildman–Crippen LogP) is 5.48. The van der Waals surface area contributed by atoms with E-state index in [4.69, 9.17) is 0 Å². The SMILES string of the molecule is C=C(S)N(C(=NC)c1cc(C(C)C)c(O)cc1O)c1ccc2c(ccn2CC)c1. The third kappa shape index (κ3) is 3.85. The summed E-state index contributed by atoms with van der Waals surface area (Å²) in [6.07, 6.45) is 2.06. The van der Waals surface area contributed by atoms with E-state index >= 15 is 0 Å². The van der Waals surface area contributed by atoms with E-state index in [1.54, 1.807) is 18.0 Å². The Bertz CT molecular complexity index is 1100. The lowest BCUT2D eigenvalue weighted by molar-refractivity contribution is 0.443. The van der Waals surface area contributed by atoms with Gasteiger partial charge in [0.2, 0.25) is 0 Å². The van der Waals surface area contributed by atoms with Gasteiger partial charge in [-0.3, -0.25) is 9.89 Å². The standard InChI is InChI=1S/C23H27N3O2S/c1-6-25-10-9-16-11-17(7-8-20(16)25)26(15(4)29)23(24-5)19-12-18(14(2)3)21(27)13-22(19)28/h7-14,27-29H,4,6H2,1-3,5H3. The number of aryl methyl sites for hydroxylation is 1. The number of hydrogen-bond acceptors (Lipinski definition) is 4. The summed E-state index contributed by atoms with van der Waals surface area (Å²) < 4.78 is 2.18. The van der Waals surface area contributed by atoms with Crippen molar-refractivity contribution in [1.82, 2.24) is 4.57 Å². The number of phenols is 2. The van der Waals surface area contributed by atoms with E-state index in [0.29, 0.717) is 16.4 Å². The van der Waals surface area contributed by atoms with E-state index < -0.39 is 0 Å². The van der Waals surface area contributed by atoms with Gasteiger partial charge in [-0.25, -0.2) is 0 Å². The van der Waals surface area contributed by atoms with E-state index in [9.17, 15) is 10.2 Å². The predicted molar refractivity (Wildman–Crippen MR) is 125 cm³/mol. The minimum Gasteiger partial charge on any atom is -0.508 e. The van der Waals surface area contributed by atoms with Crippen LogP contribution in [0.2, 0.25) is 0 Å². The molecule has 0 unspecified atom stereocenters. The Labute approximate surface area is 177 Å². The highest BCUT2D eigenvalue weighted by molar-refractivity contribution is 7.84. The van der Waals surface area contributed by atoms with Crippen LogP contribution in [0.1, 0.15) is 37.8 Å². The molecule has 152 valence electrons. The van der Waals surface area contributed by atoms with E-state index in [2.05, 4.69) is 60.1 Å². The van der Waals surface area contributed by atoms with Crippen LogP contribution in [0.3, 0.4) is 0 Å². The molecule has 0 aliphatic carbocycles. The Morgan fingerprint density at radius 3 is 2.48 bits per heavy atom. The molecule has 0 spiro atoms. The van der Waals surface area contributed by atoms with Crippen LogP contribution in [0.5, 0.6) is 11.5 Å². The molecule has 29 heavy (non-hydrogen) atoms. The summed E-state index contributed by atoms with van der Waals surface area (Å²) in [5, 5.41) is 22.3. The number of benzene rings is 2. The van der Waals surface area contributed by atoms with Crippen molar-refractivity contribution in [3.8, 4) is 11.5 Å². The maximum absolute atomic E-state index is 10.6. The molecule has 5 nitrogen and oxygen atoms in total. The molecular formula is C23H27N3O2S. The fourth-order valence-corrected chi connectivity index (χ4v) is 3.78. The third-order valence-corrected chi connectivity index (χ3v) is 5.24. The van der Waals surface area contributed by atoms with Gasteiger partial charge in [0.15, 0.2) is 0 Å². The summed E-state index contributed by atoms with van der Waals surface area (Å²) in [7, 11) is 1.66. The summed E-state index contributed by atoms with van der Waals surface area (Å²) in [4.78, 5) is 6.23. The van der Waals surface area contributed by atoms with Crippen molar-refractivity contribution >= 4 is 35.1 Å². The third-order valence-electron chi connectivity index (χ3n) is 5.04. The minimum absolute atomic E-state index is 0.0507. The molecule has 0 saturated carbocycles. The molecule has 0 atom stereocenters. The largest absolute Gasteiger partial charge is 0.508 e. The van der Waals surface area contributed by atoms with Gasteiger partial charge in [0, 0.05) is 42.4 Å². The van der Waals surface area contributed by atoms with Crippen LogP contribution in [0.4, 0.5) is 5.69 Å². The van der Waals surface area contributed by atoms with E-state index in [1.165, 1.54) is 6.07 Å². The molecule has 0 bridgehead atoms. The highest BCUT2D eigenvalue weighted by Crippen LogP contribution is 2.35. The average Bonchev–Trinajstić information content (AvgIpc) is 3.08. The normalized spacial score (nSPS) is 12.0. The van der Waals surface area contributed by atoms with Gasteiger partial charge >= 0.3 is 0 Å². The van der Waals surface area contributed by atoms with Gasteiger partial charge < -0.3 is 14.8 Å². The summed E-state index contributed by atoms with van der Waals surface area (Å²) in [6, 6.07) is 11.3. The smallest absolute Gasteiger partial charge is 0.143 e. The van der Waals surface area contributed by atoms with Gasteiger partial charge in [-0.2, -0.15) is 0 Å². The van der Waals surface area contributed by atoms with Crippen molar-refractivity contribution in [3.05, 3.63) is 65.3 Å². The van der Waals surface area contributed by atoms with Crippen molar-refractivity contribution in [2.45, 2.75) is 33.2 Å². The van der Waals surface area contributed by atoms with Gasteiger partial charge in [-0.15, -0.1) is 12.6 Å². The van der Waals surface area contributed by atoms with Crippen LogP contribution in [0.25, 0.3) is 10.9 Å². The van der Waals surface area contributed by atoms with Gasteiger partial charge in [-0.05, 0) is 48.7 Å². The summed E-state index contributed by atoms with van der Waals surface area (Å²) in [6.45, 7) is 11.0. The zero-order valence-electron chi connectivity index (χ0n) is 17.2. The molecular weight excluding hydrogens is 382 g/mol. The molecule has 0 saturated heterocycles. The molecule has 2 N–H and O–H groups in total. The summed E-state index contributed by atoms with van der Waals surface area (Å²) in [5.41, 5.74) is 3.23. The lowest BCUT2D eigenvalue weighted by atomic mass is 9.98. The zero-order valence-corrected chi connectivity index (χ0v) is 18.1. The van der Waals surface area contributed by atoms with Crippen LogP contribution >= 0.6 is 12.6 Å². The number of aromatic hydroxyl groups is 2. The molecule has 0 fully saturated rings. The topological polar surface area (TPSA) is 61.0 Å². The fourth-order valence-electron chi connectivity index (χ4n) is 3.57. The maximum atomic E-state index is 10.6. The lowest BCUT2D eigenvalue weighted by Crippen LogP contribution is -2.29. The van der Waals surface area contributed by atoms with E-state index in [0.717, 1.165) is 28.7 Å². The van der Waals surface area contributed by atoms with Gasteiger partial charge in [0.25, 0.3) is 0 Å². The first kappa shape index (κ1) is 20.9. The average molecular weight is 410 g/mol. The fraction of sp³-hybridized carbons (Fsp3) is 0.261. The van der Waals surface area contributed by atoms with Crippen LogP contribution in [-0.2, 0) is 6.54 Å². The molecule has 1 aromatic heterocycles. The first-order valence-electron chi connectivity index (χ1n) is 9.58. The lowest BCUT2D eigenvalue weighted by Gasteiger charge is -2.27. The van der Waals surface area contributed by atoms with E-state index in [1.807, 2.05) is 19.9 Å². The molecule has 6 heteroatoms. The number of hydrogen-bond donors (Lipinski definition) is 3. The number of phenolic OH excluding ortho intramolecular Hbond substituents is 2. The van der Waals surface area contributed by atoms with Crippen LogP contribution in [0.15, 0.2) is 59.2 Å². The van der Waals surface area contributed by atoms with Crippen molar-refractivity contribution < 1.29 is 10.2 Å². The zero-order chi connectivity index (χ0) is 21.3. The van der Waals surface area contributed by atoms with E-state index in [-0.39, 0.29) is 17.4 Å². The van der Waals surface area contributed by atoms with Crippen molar-refractivity contribution in [2.75, 3.05) is 11.9 Å². The second-order valence-electron chi connectivity index (χ2n) is 7.23. The van der Waals surface area contributed by atoms with Crippen molar-refractivity contribution in [1.29, 1.82) is 0 Å². The molecule has 0 amide bonds. The number of aromatic nitrogens is 1. The number of anilines is 1. The van der Waals surface area contributed by atoms with Crippen molar-refractivity contribution in [3.63, 3.8) is 0 Å². The number of amidine groups is 1. The highest BCUT2D eigenvalue weighted by atomic mass is 32.1.